The van der Waals surface area contributed by atoms with Gasteiger partial charge in [0.1, 0.15) is 0 Å². The number of rotatable bonds is 7. The van der Waals surface area contributed by atoms with Crippen molar-refractivity contribution in [3.05, 3.63) is 34.3 Å². The lowest BCUT2D eigenvalue weighted by Gasteiger charge is -2.28. The number of morpholine rings is 1. The van der Waals surface area contributed by atoms with E-state index in [1.54, 1.807) is 0 Å². The van der Waals surface area contributed by atoms with Gasteiger partial charge in [0.2, 0.25) is 5.95 Å². The van der Waals surface area contributed by atoms with Crippen LogP contribution in [-0.2, 0) is 16.0 Å². The summed E-state index contributed by atoms with van der Waals surface area (Å²) in [7, 11) is 0. The first-order valence-electron chi connectivity index (χ1n) is 9.96. The average molecular weight is 481 g/mol. The van der Waals surface area contributed by atoms with Gasteiger partial charge in [-0.25, -0.2) is 0 Å². The Labute approximate surface area is 183 Å². The molecular weight excluding hydrogens is 456 g/mol. The van der Waals surface area contributed by atoms with E-state index in [1.807, 2.05) is 31.2 Å². The minimum atomic E-state index is -0.263. The van der Waals surface area contributed by atoms with E-state index in [0.717, 1.165) is 48.1 Å². The van der Waals surface area contributed by atoms with Gasteiger partial charge in [0.25, 0.3) is 0 Å². The van der Waals surface area contributed by atoms with Crippen LogP contribution in [0.1, 0.15) is 30.1 Å². The van der Waals surface area contributed by atoms with Crippen molar-refractivity contribution in [3.63, 3.8) is 0 Å². The fourth-order valence-corrected chi connectivity index (χ4v) is 4.77. The van der Waals surface area contributed by atoms with Crippen molar-refractivity contribution in [1.29, 1.82) is 0 Å². The maximum Gasteiger partial charge on any atom is 0.228 e. The Morgan fingerprint density at radius 2 is 2.00 bits per heavy atom. The minimum Gasteiger partial charge on any atom is -0.378 e. The van der Waals surface area contributed by atoms with Crippen LogP contribution in [0, 0.1) is 0 Å². The molecule has 156 valence electrons. The van der Waals surface area contributed by atoms with Crippen LogP contribution in [0.15, 0.2) is 33.9 Å². The normalized spacial score (nSPS) is 20.8. The standard InChI is InChI=1S/C20H25BrN4O3S/c1-14(18(26)15-4-6-16(21)7-5-15)29-20-23-22-19(24-8-11-27-12-9-24)25(20)13-17-3-2-10-28-17/h4-7,14,17H,2-3,8-13H2,1H3/t14-,17-/m1/s1. The number of anilines is 1. The molecule has 0 unspecified atom stereocenters. The fraction of sp³-hybridized carbons (Fsp3) is 0.550. The summed E-state index contributed by atoms with van der Waals surface area (Å²) in [6.45, 7) is 6.40. The Morgan fingerprint density at radius 3 is 2.69 bits per heavy atom. The highest BCUT2D eigenvalue weighted by Gasteiger charge is 2.27. The maximum atomic E-state index is 12.9. The molecule has 2 aromatic rings. The largest absolute Gasteiger partial charge is 0.378 e. The number of hydrogen-bond acceptors (Lipinski definition) is 7. The van der Waals surface area contributed by atoms with Crippen molar-refractivity contribution in [3.8, 4) is 0 Å². The van der Waals surface area contributed by atoms with Gasteiger partial charge in [0, 0.05) is 29.7 Å². The van der Waals surface area contributed by atoms with Crippen LogP contribution in [0.3, 0.4) is 0 Å². The highest BCUT2D eigenvalue weighted by molar-refractivity contribution is 9.10. The summed E-state index contributed by atoms with van der Waals surface area (Å²) in [6.07, 6.45) is 2.29. The number of ketones is 1. The van der Waals surface area contributed by atoms with Gasteiger partial charge in [0.15, 0.2) is 10.9 Å². The predicted octanol–water partition coefficient (Wildman–Crippen LogP) is 3.42. The van der Waals surface area contributed by atoms with Crippen LogP contribution in [0.2, 0.25) is 0 Å². The number of aromatic nitrogens is 3. The summed E-state index contributed by atoms with van der Waals surface area (Å²) in [5, 5.41) is 9.41. The van der Waals surface area contributed by atoms with Crippen molar-refractivity contribution < 1.29 is 14.3 Å². The summed E-state index contributed by atoms with van der Waals surface area (Å²) in [5.41, 5.74) is 0.701. The zero-order chi connectivity index (χ0) is 20.2. The van der Waals surface area contributed by atoms with Gasteiger partial charge in [-0.3, -0.25) is 9.36 Å². The number of hydrogen-bond donors (Lipinski definition) is 0. The number of benzene rings is 1. The summed E-state index contributed by atoms with van der Waals surface area (Å²) in [4.78, 5) is 15.1. The minimum absolute atomic E-state index is 0.0853. The Morgan fingerprint density at radius 1 is 1.24 bits per heavy atom. The molecule has 1 aromatic carbocycles. The molecule has 0 amide bonds. The van der Waals surface area contributed by atoms with Crippen LogP contribution in [0.4, 0.5) is 5.95 Å². The molecule has 1 aromatic heterocycles. The molecular formula is C20H25BrN4O3S. The molecule has 9 heteroatoms. The van der Waals surface area contributed by atoms with Crippen LogP contribution in [0.25, 0.3) is 0 Å². The molecule has 0 N–H and O–H groups in total. The smallest absolute Gasteiger partial charge is 0.228 e. The van der Waals surface area contributed by atoms with Gasteiger partial charge in [-0.1, -0.05) is 39.8 Å². The topological polar surface area (TPSA) is 69.5 Å². The molecule has 0 aliphatic carbocycles. The third-order valence-electron chi connectivity index (χ3n) is 5.18. The first kappa shape index (κ1) is 20.8. The molecule has 2 atom stereocenters. The van der Waals surface area contributed by atoms with E-state index in [2.05, 4.69) is 35.6 Å². The third kappa shape index (κ3) is 5.02. The Balaban J connectivity index is 1.54. The molecule has 2 aliphatic rings. The van der Waals surface area contributed by atoms with Gasteiger partial charge >= 0.3 is 0 Å². The number of ether oxygens (including phenoxy) is 2. The summed E-state index contributed by atoms with van der Waals surface area (Å²) in [6, 6.07) is 7.47. The summed E-state index contributed by atoms with van der Waals surface area (Å²) in [5.74, 6) is 0.927. The van der Waals surface area contributed by atoms with E-state index in [9.17, 15) is 4.79 Å². The van der Waals surface area contributed by atoms with E-state index in [-0.39, 0.29) is 17.1 Å². The molecule has 2 aliphatic heterocycles. The van der Waals surface area contributed by atoms with E-state index in [0.29, 0.717) is 25.3 Å². The highest BCUT2D eigenvalue weighted by Crippen LogP contribution is 2.29. The molecule has 0 bridgehead atoms. The number of halogens is 1. The molecule has 0 spiro atoms. The van der Waals surface area contributed by atoms with Crippen molar-refractivity contribution in [2.24, 2.45) is 0 Å². The molecule has 0 radical (unpaired) electrons. The molecule has 0 saturated carbocycles. The van der Waals surface area contributed by atoms with Crippen LogP contribution in [-0.4, -0.2) is 64.8 Å². The van der Waals surface area contributed by atoms with Crippen molar-refractivity contribution in [2.75, 3.05) is 37.8 Å². The first-order chi connectivity index (χ1) is 14.1. The second-order valence-corrected chi connectivity index (χ2v) is 9.48. The second kappa shape index (κ2) is 9.59. The van der Waals surface area contributed by atoms with Crippen molar-refractivity contribution >= 4 is 39.4 Å². The Hall–Kier alpha value is -1.42. The SMILES string of the molecule is C[C@@H](Sc1nnc(N2CCOCC2)n1C[C@H]1CCCO1)C(=O)c1ccc(Br)cc1. The van der Waals surface area contributed by atoms with Crippen LogP contribution < -0.4 is 4.90 Å². The van der Waals surface area contributed by atoms with E-state index >= 15 is 0 Å². The molecule has 2 saturated heterocycles. The number of carbonyl (C=O) groups is 1. The number of thioether (sulfide) groups is 1. The quantitative estimate of drug-likeness (QED) is 0.444. The van der Waals surface area contributed by atoms with Crippen molar-refractivity contribution in [1.82, 2.24) is 14.8 Å². The van der Waals surface area contributed by atoms with Crippen LogP contribution >= 0.6 is 27.7 Å². The van der Waals surface area contributed by atoms with Crippen LogP contribution in [0.5, 0.6) is 0 Å². The predicted molar refractivity (Wildman–Crippen MR) is 116 cm³/mol. The van der Waals surface area contributed by atoms with Gasteiger partial charge in [0.05, 0.1) is 31.1 Å². The number of nitrogens with zero attached hydrogens (tertiary/aromatic N) is 4. The monoisotopic (exact) mass is 480 g/mol. The lowest BCUT2D eigenvalue weighted by atomic mass is 10.1. The lowest BCUT2D eigenvalue weighted by Crippen LogP contribution is -2.38. The fourth-order valence-electron chi connectivity index (χ4n) is 3.58. The Bertz CT molecular complexity index is 833. The number of Topliss-reactive ketones (excluding diaryl/α,β-unsaturated/α-hetero) is 1. The lowest BCUT2D eigenvalue weighted by molar-refractivity contribution is 0.0942. The molecule has 2 fully saturated rings. The molecule has 7 nitrogen and oxygen atoms in total. The third-order valence-corrected chi connectivity index (χ3v) is 6.79. The maximum absolute atomic E-state index is 12.9. The van der Waals surface area contributed by atoms with Gasteiger partial charge < -0.3 is 14.4 Å². The zero-order valence-corrected chi connectivity index (χ0v) is 18.8. The molecule has 4 rings (SSSR count). The second-order valence-electron chi connectivity index (χ2n) is 7.26. The van der Waals surface area contributed by atoms with Gasteiger partial charge in [-0.15, -0.1) is 10.2 Å². The zero-order valence-electron chi connectivity index (χ0n) is 16.4. The summed E-state index contributed by atoms with van der Waals surface area (Å²) >= 11 is 4.87. The van der Waals surface area contributed by atoms with E-state index in [4.69, 9.17) is 9.47 Å². The summed E-state index contributed by atoms with van der Waals surface area (Å²) < 4.78 is 14.4. The Kier molecular flexibility index (Phi) is 6.89. The van der Waals surface area contributed by atoms with Gasteiger partial charge in [-0.2, -0.15) is 0 Å². The average Bonchev–Trinajstić information content (AvgIpc) is 3.39. The first-order valence-corrected chi connectivity index (χ1v) is 11.6. The number of carbonyl (C=O) groups excluding carboxylic acids is 1. The molecule has 29 heavy (non-hydrogen) atoms. The van der Waals surface area contributed by atoms with E-state index in [1.165, 1.54) is 11.8 Å². The molecule has 3 heterocycles. The van der Waals surface area contributed by atoms with Gasteiger partial charge in [-0.05, 0) is 31.9 Å². The highest BCUT2D eigenvalue weighted by atomic mass is 79.9. The van der Waals surface area contributed by atoms with E-state index < -0.39 is 0 Å². The van der Waals surface area contributed by atoms with Crippen molar-refractivity contribution in [2.45, 2.75) is 42.8 Å².